The summed E-state index contributed by atoms with van der Waals surface area (Å²) in [5.41, 5.74) is 2.02. The van der Waals surface area contributed by atoms with Crippen LogP contribution in [0, 0.1) is 0 Å². The van der Waals surface area contributed by atoms with Crippen LogP contribution in [0.1, 0.15) is 64.6 Å². The molecule has 1 aliphatic heterocycles. The first-order valence-corrected chi connectivity index (χ1v) is 12.0. The van der Waals surface area contributed by atoms with Gasteiger partial charge >= 0.3 is 11.9 Å². The number of nitrogens with zero attached hydrogens (tertiary/aromatic N) is 2. The van der Waals surface area contributed by atoms with Gasteiger partial charge in [0.1, 0.15) is 17.0 Å². The van der Waals surface area contributed by atoms with Gasteiger partial charge in [0.05, 0.1) is 29.1 Å². The molecular formula is C28H23ClN2O5. The monoisotopic (exact) mass is 502 g/mol. The molecule has 0 atom stereocenters. The van der Waals surface area contributed by atoms with Gasteiger partial charge in [0.2, 0.25) is 5.78 Å². The van der Waals surface area contributed by atoms with Crippen LogP contribution in [0.5, 0.6) is 0 Å². The molecule has 1 aliphatic rings. The fourth-order valence-corrected chi connectivity index (χ4v) is 4.60. The number of hydrogen-bond donors (Lipinski definition) is 0. The summed E-state index contributed by atoms with van der Waals surface area (Å²) in [6.07, 6.45) is -0.915. The minimum Gasteiger partial charge on any atom is -0.459 e. The topological polar surface area (TPSA) is 87.5 Å². The normalized spacial score (nSPS) is 12.2. The van der Waals surface area contributed by atoms with E-state index in [9.17, 15) is 14.4 Å². The number of carbonyl (C=O) groups excluding carboxylic acids is 3. The lowest BCUT2D eigenvalue weighted by Gasteiger charge is -2.14. The van der Waals surface area contributed by atoms with Crippen LogP contribution in [0.25, 0.3) is 27.8 Å². The van der Waals surface area contributed by atoms with Crippen LogP contribution in [0.3, 0.4) is 0 Å². The quantitative estimate of drug-likeness (QED) is 0.273. The second-order valence-electron chi connectivity index (χ2n) is 9.07. The Hall–Kier alpha value is -3.97. The number of aromatic nitrogens is 2. The number of hydrogen-bond acceptors (Lipinski definition) is 6. The first-order valence-electron chi connectivity index (χ1n) is 11.6. The maximum Gasteiger partial charge on any atom is 0.356 e. The zero-order valence-corrected chi connectivity index (χ0v) is 20.9. The highest BCUT2D eigenvalue weighted by Gasteiger charge is 2.42. The average molecular weight is 503 g/mol. The van der Waals surface area contributed by atoms with E-state index < -0.39 is 24.1 Å². The number of halogens is 1. The van der Waals surface area contributed by atoms with E-state index in [1.807, 2.05) is 30.3 Å². The molecule has 0 bridgehead atoms. The summed E-state index contributed by atoms with van der Waals surface area (Å²) in [5, 5.41) is 1.27. The van der Waals surface area contributed by atoms with Gasteiger partial charge in [0.25, 0.3) is 0 Å². The molecule has 182 valence electrons. The zero-order valence-electron chi connectivity index (χ0n) is 20.2. The highest BCUT2D eigenvalue weighted by molar-refractivity contribution is 6.32. The molecule has 0 radical (unpaired) electrons. The van der Waals surface area contributed by atoms with Crippen LogP contribution in [0.2, 0.25) is 5.02 Å². The molecule has 2 aromatic carbocycles. The maximum absolute atomic E-state index is 13.7. The summed E-state index contributed by atoms with van der Waals surface area (Å²) >= 11 is 6.19. The Bertz CT molecular complexity index is 1570. The summed E-state index contributed by atoms with van der Waals surface area (Å²) in [6, 6.07) is 15.9. The van der Waals surface area contributed by atoms with E-state index >= 15 is 0 Å². The van der Waals surface area contributed by atoms with Crippen LogP contribution in [0.15, 0.2) is 54.6 Å². The summed E-state index contributed by atoms with van der Waals surface area (Å²) in [7, 11) is 0. The van der Waals surface area contributed by atoms with E-state index in [0.717, 1.165) is 5.39 Å². The second kappa shape index (κ2) is 8.91. The number of fused-ring (bicyclic) bond motifs is 4. The molecule has 7 nitrogen and oxygen atoms in total. The molecule has 2 aromatic heterocycles. The Morgan fingerprint density at radius 3 is 2.33 bits per heavy atom. The van der Waals surface area contributed by atoms with Gasteiger partial charge < -0.3 is 9.47 Å². The lowest BCUT2D eigenvalue weighted by atomic mass is 9.99. The lowest BCUT2D eigenvalue weighted by molar-refractivity contribution is 0.0322. The van der Waals surface area contributed by atoms with Crippen molar-refractivity contribution in [2.24, 2.45) is 0 Å². The number of ether oxygens (including phenoxy) is 2. The van der Waals surface area contributed by atoms with E-state index in [1.54, 1.807) is 52.0 Å². The summed E-state index contributed by atoms with van der Waals surface area (Å²) in [6.45, 7) is 6.85. The number of ketones is 1. The van der Waals surface area contributed by atoms with Crippen molar-refractivity contribution in [2.45, 2.75) is 39.9 Å². The molecular weight excluding hydrogens is 480 g/mol. The minimum absolute atomic E-state index is 0.0546. The van der Waals surface area contributed by atoms with Crippen molar-refractivity contribution in [3.8, 4) is 16.9 Å². The number of pyridine rings is 1. The van der Waals surface area contributed by atoms with Crippen LogP contribution in [-0.4, -0.2) is 39.5 Å². The zero-order chi connectivity index (χ0) is 25.7. The minimum atomic E-state index is -0.746. The first-order chi connectivity index (χ1) is 17.2. The van der Waals surface area contributed by atoms with E-state index in [-0.39, 0.29) is 28.3 Å². The molecule has 0 fully saturated rings. The van der Waals surface area contributed by atoms with Gasteiger partial charge in [0, 0.05) is 21.5 Å². The van der Waals surface area contributed by atoms with Crippen LogP contribution in [0.4, 0.5) is 0 Å². The molecule has 0 unspecified atom stereocenters. The molecule has 0 aliphatic carbocycles. The Kier molecular flexibility index (Phi) is 5.88. The highest BCUT2D eigenvalue weighted by atomic mass is 35.5. The van der Waals surface area contributed by atoms with Gasteiger partial charge in [-0.3, -0.25) is 9.36 Å². The Labute approximate surface area is 212 Å². The van der Waals surface area contributed by atoms with Gasteiger partial charge in [-0.2, -0.15) is 0 Å². The van der Waals surface area contributed by atoms with Crippen molar-refractivity contribution in [3.63, 3.8) is 0 Å². The number of benzene rings is 2. The van der Waals surface area contributed by atoms with E-state index in [2.05, 4.69) is 0 Å². The fourth-order valence-electron chi connectivity index (χ4n) is 4.43. The molecule has 0 spiro atoms. The van der Waals surface area contributed by atoms with Gasteiger partial charge in [-0.05, 0) is 58.0 Å². The van der Waals surface area contributed by atoms with Crippen molar-refractivity contribution in [1.82, 2.24) is 9.55 Å². The first kappa shape index (κ1) is 23.8. The van der Waals surface area contributed by atoms with E-state index in [1.165, 1.54) is 4.57 Å². The largest absolute Gasteiger partial charge is 0.459 e. The molecule has 0 saturated heterocycles. The Morgan fingerprint density at radius 2 is 1.61 bits per heavy atom. The summed E-state index contributed by atoms with van der Waals surface area (Å²) < 4.78 is 12.5. The van der Waals surface area contributed by atoms with Crippen molar-refractivity contribution < 1.29 is 23.9 Å². The average Bonchev–Trinajstić information content (AvgIpc) is 3.31. The molecule has 0 saturated carbocycles. The van der Waals surface area contributed by atoms with E-state index in [0.29, 0.717) is 27.5 Å². The highest BCUT2D eigenvalue weighted by Crippen LogP contribution is 2.42. The molecule has 3 heterocycles. The SMILES string of the molecule is CC(C)OC(=O)c1c(-c2ccc3ccccc3n2)c2n(c1C(=O)OC(C)C)-c1ccc(Cl)cc1C2=O. The second-order valence-corrected chi connectivity index (χ2v) is 9.51. The van der Waals surface area contributed by atoms with Gasteiger partial charge in [-0.15, -0.1) is 0 Å². The van der Waals surface area contributed by atoms with Gasteiger partial charge in [0.15, 0.2) is 0 Å². The van der Waals surface area contributed by atoms with Crippen molar-refractivity contribution in [2.75, 3.05) is 0 Å². The Balaban J connectivity index is 1.89. The fraction of sp³-hybridized carbons (Fsp3) is 0.214. The smallest absolute Gasteiger partial charge is 0.356 e. The molecule has 0 N–H and O–H groups in total. The number of esters is 2. The molecule has 8 heteroatoms. The third-order valence-electron chi connectivity index (χ3n) is 5.77. The van der Waals surface area contributed by atoms with Crippen molar-refractivity contribution in [3.05, 3.63) is 82.1 Å². The number of rotatable bonds is 5. The Morgan fingerprint density at radius 1 is 0.917 bits per heavy atom. The number of para-hydroxylation sites is 1. The summed E-state index contributed by atoms with van der Waals surface area (Å²) in [5.74, 6) is -1.86. The van der Waals surface area contributed by atoms with E-state index in [4.69, 9.17) is 26.1 Å². The third-order valence-corrected chi connectivity index (χ3v) is 6.00. The molecule has 5 rings (SSSR count). The van der Waals surface area contributed by atoms with Crippen LogP contribution < -0.4 is 0 Å². The van der Waals surface area contributed by atoms with Crippen LogP contribution in [-0.2, 0) is 9.47 Å². The molecule has 0 amide bonds. The third kappa shape index (κ3) is 3.85. The molecule has 36 heavy (non-hydrogen) atoms. The van der Waals surface area contributed by atoms with Crippen molar-refractivity contribution in [1.29, 1.82) is 0 Å². The maximum atomic E-state index is 13.7. The lowest BCUT2D eigenvalue weighted by Crippen LogP contribution is -2.21. The van der Waals surface area contributed by atoms with Crippen molar-refractivity contribution >= 4 is 40.2 Å². The standard InChI is InChI=1S/C28H23ClN2O5/c1-14(2)35-27(33)23-22(20-11-9-16-7-5-6-8-19(16)30-20)24-26(32)18-13-17(29)10-12-21(18)31(24)25(23)28(34)36-15(3)4/h5-15H,1-4H3. The predicted molar refractivity (Wildman–Crippen MR) is 136 cm³/mol. The number of carbonyl (C=O) groups is 3. The van der Waals surface area contributed by atoms with Gasteiger partial charge in [-0.25, -0.2) is 14.6 Å². The van der Waals surface area contributed by atoms with Crippen LogP contribution >= 0.6 is 11.6 Å². The summed E-state index contributed by atoms with van der Waals surface area (Å²) in [4.78, 5) is 45.4. The van der Waals surface area contributed by atoms with Gasteiger partial charge in [-0.1, -0.05) is 35.9 Å². The predicted octanol–water partition coefficient (Wildman–Crippen LogP) is 6.02. The molecule has 4 aromatic rings.